The van der Waals surface area contributed by atoms with Gasteiger partial charge in [-0.25, -0.2) is 9.78 Å². The van der Waals surface area contributed by atoms with Crippen LogP contribution >= 0.6 is 0 Å². The highest BCUT2D eigenvalue weighted by atomic mass is 16.6. The molecule has 1 saturated carbocycles. The number of benzene rings is 1. The number of piperidine rings is 1. The fourth-order valence-corrected chi connectivity index (χ4v) is 6.37. The number of aryl methyl sites for hydroxylation is 1. The smallest absolute Gasteiger partial charge is 0.332 e. The van der Waals surface area contributed by atoms with E-state index in [0.29, 0.717) is 25.2 Å². The maximum Gasteiger partial charge on any atom is 0.332 e. The van der Waals surface area contributed by atoms with Gasteiger partial charge < -0.3 is 28.4 Å². The summed E-state index contributed by atoms with van der Waals surface area (Å²) in [7, 11) is 2.10. The molecule has 0 bridgehead atoms. The van der Waals surface area contributed by atoms with E-state index in [1.807, 2.05) is 24.7 Å². The lowest BCUT2D eigenvalue weighted by atomic mass is 9.91. The van der Waals surface area contributed by atoms with Gasteiger partial charge >= 0.3 is 5.97 Å². The average molecular weight is 601 g/mol. The molecule has 3 aromatic heterocycles. The standard InChI is InChI=1S/C35H44N4O5/c1-3-42-35(40)24-41-18-6-4-5-15-39-16-12-27(13-17-39)43-28-20-29(21-28)44-34-10-8-26(22-37-34)25-7-9-30-31-23-36-14-11-32(31)38(2)33(30)19-25/h7-11,14,19,22-23,27-29H,3-6,12-13,15-18,20-21,24H2,1-2H3. The van der Waals surface area contributed by atoms with Gasteiger partial charge in [-0.1, -0.05) is 12.1 Å². The number of esters is 1. The number of pyridine rings is 2. The van der Waals surface area contributed by atoms with Crippen molar-refractivity contribution in [3.8, 4) is 17.0 Å². The maximum absolute atomic E-state index is 11.3. The molecular formula is C35H44N4O5. The summed E-state index contributed by atoms with van der Waals surface area (Å²) in [6, 6.07) is 12.7. The fraction of sp³-hybridized carbons (Fsp3) is 0.514. The number of carbonyl (C=O) groups is 1. The maximum atomic E-state index is 11.3. The Bertz CT molecular complexity index is 1520. The lowest BCUT2D eigenvalue weighted by Crippen LogP contribution is -2.44. The summed E-state index contributed by atoms with van der Waals surface area (Å²) < 4.78 is 25.0. The molecule has 6 rings (SSSR count). The summed E-state index contributed by atoms with van der Waals surface area (Å²) in [5, 5.41) is 2.38. The van der Waals surface area contributed by atoms with Crippen molar-refractivity contribution in [3.05, 3.63) is 55.0 Å². The highest BCUT2D eigenvalue weighted by molar-refractivity contribution is 6.08. The van der Waals surface area contributed by atoms with Gasteiger partial charge in [0.2, 0.25) is 5.88 Å². The first kappa shape index (κ1) is 30.5. The number of ether oxygens (including phenoxy) is 4. The second kappa shape index (κ2) is 14.5. The van der Waals surface area contributed by atoms with Crippen LogP contribution in [0.3, 0.4) is 0 Å². The number of hydrogen-bond acceptors (Lipinski definition) is 8. The molecule has 2 aliphatic rings. The molecule has 0 unspecified atom stereocenters. The van der Waals surface area contributed by atoms with Crippen LogP contribution in [0.5, 0.6) is 5.88 Å². The molecule has 0 N–H and O–H groups in total. The van der Waals surface area contributed by atoms with Crippen LogP contribution in [0.2, 0.25) is 0 Å². The van der Waals surface area contributed by atoms with E-state index in [1.165, 1.54) is 21.8 Å². The summed E-state index contributed by atoms with van der Waals surface area (Å²) in [5.74, 6) is 0.392. The summed E-state index contributed by atoms with van der Waals surface area (Å²) >= 11 is 0. The molecule has 0 spiro atoms. The first-order valence-corrected chi connectivity index (χ1v) is 16.1. The van der Waals surface area contributed by atoms with E-state index < -0.39 is 0 Å². The molecule has 234 valence electrons. The topological polar surface area (TPSA) is 87.9 Å². The molecule has 1 saturated heterocycles. The molecule has 0 radical (unpaired) electrons. The van der Waals surface area contributed by atoms with Gasteiger partial charge in [0, 0.05) is 86.1 Å². The minimum atomic E-state index is -0.282. The second-order valence-electron chi connectivity index (χ2n) is 12.0. The zero-order valence-electron chi connectivity index (χ0n) is 26.0. The first-order chi connectivity index (χ1) is 21.6. The number of aromatic nitrogens is 3. The first-order valence-electron chi connectivity index (χ1n) is 16.1. The van der Waals surface area contributed by atoms with E-state index >= 15 is 0 Å². The molecule has 1 aliphatic heterocycles. The zero-order chi connectivity index (χ0) is 30.3. The van der Waals surface area contributed by atoms with E-state index in [0.717, 1.165) is 75.7 Å². The van der Waals surface area contributed by atoms with Crippen molar-refractivity contribution in [1.82, 2.24) is 19.4 Å². The van der Waals surface area contributed by atoms with Gasteiger partial charge in [-0.2, -0.15) is 0 Å². The van der Waals surface area contributed by atoms with Crippen LogP contribution in [-0.2, 0) is 26.1 Å². The SMILES string of the molecule is CCOC(=O)COCCCCCN1CCC(OC2CC(Oc3ccc(-c4ccc5c6cnccc6n(C)c5c4)cn3)C2)CC1. The summed E-state index contributed by atoms with van der Waals surface area (Å²) in [5.41, 5.74) is 4.57. The van der Waals surface area contributed by atoms with Crippen LogP contribution < -0.4 is 4.74 Å². The largest absolute Gasteiger partial charge is 0.474 e. The van der Waals surface area contributed by atoms with Gasteiger partial charge in [-0.05, 0) is 69.3 Å². The molecule has 0 amide bonds. The van der Waals surface area contributed by atoms with Gasteiger partial charge in [0.05, 0.1) is 24.3 Å². The van der Waals surface area contributed by atoms with Crippen LogP contribution in [0.1, 0.15) is 51.9 Å². The molecule has 4 aromatic rings. The predicted molar refractivity (Wildman–Crippen MR) is 171 cm³/mol. The van der Waals surface area contributed by atoms with Crippen LogP contribution in [0, 0.1) is 0 Å². The number of fused-ring (bicyclic) bond motifs is 3. The fourth-order valence-electron chi connectivity index (χ4n) is 6.37. The van der Waals surface area contributed by atoms with Crippen molar-refractivity contribution in [1.29, 1.82) is 0 Å². The van der Waals surface area contributed by atoms with E-state index in [9.17, 15) is 4.79 Å². The average Bonchev–Trinajstić information content (AvgIpc) is 3.32. The van der Waals surface area contributed by atoms with Crippen molar-refractivity contribution < 1.29 is 23.7 Å². The van der Waals surface area contributed by atoms with Crippen molar-refractivity contribution >= 4 is 27.8 Å². The highest BCUT2D eigenvalue weighted by Gasteiger charge is 2.34. The van der Waals surface area contributed by atoms with Gasteiger partial charge in [0.25, 0.3) is 0 Å². The Kier molecular flexibility index (Phi) is 10.0. The molecule has 9 heteroatoms. The molecule has 4 heterocycles. The van der Waals surface area contributed by atoms with Crippen LogP contribution in [0.15, 0.2) is 55.0 Å². The van der Waals surface area contributed by atoms with Crippen molar-refractivity contribution in [2.24, 2.45) is 7.05 Å². The van der Waals surface area contributed by atoms with Gasteiger partial charge in [0.15, 0.2) is 0 Å². The van der Waals surface area contributed by atoms with Gasteiger partial charge in [-0.15, -0.1) is 0 Å². The molecule has 9 nitrogen and oxygen atoms in total. The van der Waals surface area contributed by atoms with Gasteiger partial charge in [-0.3, -0.25) is 4.98 Å². The van der Waals surface area contributed by atoms with E-state index in [2.05, 4.69) is 56.8 Å². The highest BCUT2D eigenvalue weighted by Crippen LogP contribution is 2.33. The van der Waals surface area contributed by atoms with Crippen LogP contribution in [-0.4, -0.2) is 83.2 Å². The number of unbranched alkanes of at least 4 members (excludes halogenated alkanes) is 2. The van der Waals surface area contributed by atoms with Crippen LogP contribution in [0.25, 0.3) is 32.9 Å². The Labute approximate surface area is 259 Å². The summed E-state index contributed by atoms with van der Waals surface area (Å²) in [6.45, 7) is 6.18. The zero-order valence-corrected chi connectivity index (χ0v) is 26.0. The van der Waals surface area contributed by atoms with E-state index in [4.69, 9.17) is 18.9 Å². The molecule has 1 aliphatic carbocycles. The third kappa shape index (κ3) is 7.39. The Balaban J connectivity index is 0.869. The lowest BCUT2D eigenvalue weighted by molar-refractivity contribution is -0.148. The quantitative estimate of drug-likeness (QED) is 0.130. The number of hydrogen-bond donors (Lipinski definition) is 0. The predicted octanol–water partition coefficient (Wildman–Crippen LogP) is 5.93. The Morgan fingerprint density at radius 2 is 1.75 bits per heavy atom. The second-order valence-corrected chi connectivity index (χ2v) is 12.0. The van der Waals surface area contributed by atoms with Crippen molar-refractivity contribution in [2.75, 3.05) is 39.5 Å². The Hall–Kier alpha value is -3.53. The summed E-state index contributed by atoms with van der Waals surface area (Å²) in [4.78, 5) is 22.7. The number of likely N-dealkylation sites (tertiary alicyclic amines) is 1. The van der Waals surface area contributed by atoms with Crippen molar-refractivity contribution in [3.63, 3.8) is 0 Å². The number of rotatable bonds is 14. The minimum Gasteiger partial charge on any atom is -0.474 e. The molecule has 0 atom stereocenters. The van der Waals surface area contributed by atoms with Gasteiger partial charge in [0.1, 0.15) is 12.7 Å². The Morgan fingerprint density at radius 3 is 2.55 bits per heavy atom. The molecule has 44 heavy (non-hydrogen) atoms. The minimum absolute atomic E-state index is 0.0582. The number of carbonyl (C=O) groups excluding carboxylic acids is 1. The summed E-state index contributed by atoms with van der Waals surface area (Å²) in [6.07, 6.45) is 13.8. The lowest BCUT2D eigenvalue weighted by Gasteiger charge is -2.39. The number of nitrogens with zero attached hydrogens (tertiary/aromatic N) is 4. The van der Waals surface area contributed by atoms with Crippen molar-refractivity contribution in [2.45, 2.75) is 70.2 Å². The van der Waals surface area contributed by atoms with E-state index in [1.54, 1.807) is 6.92 Å². The Morgan fingerprint density at radius 1 is 0.909 bits per heavy atom. The van der Waals surface area contributed by atoms with E-state index in [-0.39, 0.29) is 24.8 Å². The molecular weight excluding hydrogens is 556 g/mol. The molecule has 2 fully saturated rings. The monoisotopic (exact) mass is 600 g/mol. The molecule has 1 aromatic carbocycles. The van der Waals surface area contributed by atoms with Crippen LogP contribution in [0.4, 0.5) is 0 Å². The third-order valence-electron chi connectivity index (χ3n) is 8.93. The third-order valence-corrected chi connectivity index (χ3v) is 8.93. The normalized spacial score (nSPS) is 19.3.